The molecule has 6 heteroatoms. The maximum absolute atomic E-state index is 11.8. The van der Waals surface area contributed by atoms with Crippen LogP contribution in [0, 0.1) is 0 Å². The highest BCUT2D eigenvalue weighted by Crippen LogP contribution is 2.12. The van der Waals surface area contributed by atoms with Gasteiger partial charge in [-0.2, -0.15) is 0 Å². The summed E-state index contributed by atoms with van der Waals surface area (Å²) in [6.45, 7) is 4.11. The molecule has 0 aliphatic carbocycles. The van der Waals surface area contributed by atoms with Crippen molar-refractivity contribution in [2.24, 2.45) is 0 Å². The molecule has 1 aromatic carbocycles. The van der Waals surface area contributed by atoms with Crippen molar-refractivity contribution in [2.45, 2.75) is 45.1 Å². The minimum absolute atomic E-state index is 0.0685. The van der Waals surface area contributed by atoms with E-state index in [1.165, 1.54) is 0 Å². The van der Waals surface area contributed by atoms with Crippen LogP contribution in [0.25, 0.3) is 0 Å². The van der Waals surface area contributed by atoms with Gasteiger partial charge in [0.1, 0.15) is 5.75 Å². The molecule has 24 heavy (non-hydrogen) atoms. The lowest BCUT2D eigenvalue weighted by atomic mass is 10.1. The number of amides is 3. The van der Waals surface area contributed by atoms with Gasteiger partial charge in [-0.05, 0) is 50.3 Å². The summed E-state index contributed by atoms with van der Waals surface area (Å²) in [5, 5.41) is 15.0. The van der Waals surface area contributed by atoms with Gasteiger partial charge in [0.25, 0.3) is 0 Å². The van der Waals surface area contributed by atoms with Crippen LogP contribution in [0.15, 0.2) is 24.3 Å². The monoisotopic (exact) mass is 333 g/mol. The molecule has 3 amide bonds. The highest BCUT2D eigenvalue weighted by Gasteiger charge is 2.19. The second-order valence-corrected chi connectivity index (χ2v) is 6.34. The number of likely N-dealkylation sites (tertiary alicyclic amines) is 1. The maximum atomic E-state index is 11.8. The van der Waals surface area contributed by atoms with Gasteiger partial charge < -0.3 is 20.6 Å². The minimum atomic E-state index is -0.166. The normalized spacial score (nSPS) is 15.4. The first-order valence-electron chi connectivity index (χ1n) is 8.64. The molecule has 0 bridgehead atoms. The maximum Gasteiger partial charge on any atom is 0.314 e. The van der Waals surface area contributed by atoms with Crippen molar-refractivity contribution in [3.63, 3.8) is 0 Å². The Balaban J connectivity index is 1.56. The fraction of sp³-hybridized carbons (Fsp3) is 0.556. The molecule has 1 fully saturated rings. The van der Waals surface area contributed by atoms with Gasteiger partial charge in [-0.3, -0.25) is 4.79 Å². The van der Waals surface area contributed by atoms with Gasteiger partial charge in [0.15, 0.2) is 0 Å². The number of aryl methyl sites for hydroxylation is 1. The van der Waals surface area contributed by atoms with Crippen LogP contribution in [0.2, 0.25) is 0 Å². The van der Waals surface area contributed by atoms with E-state index in [2.05, 4.69) is 10.6 Å². The summed E-state index contributed by atoms with van der Waals surface area (Å²) < 4.78 is 0. The van der Waals surface area contributed by atoms with E-state index in [4.69, 9.17) is 0 Å². The summed E-state index contributed by atoms with van der Waals surface area (Å²) in [6, 6.07) is 7.03. The summed E-state index contributed by atoms with van der Waals surface area (Å²) in [7, 11) is 0. The van der Waals surface area contributed by atoms with Crippen LogP contribution in [0.5, 0.6) is 5.75 Å². The second-order valence-electron chi connectivity index (χ2n) is 6.34. The fourth-order valence-corrected chi connectivity index (χ4v) is 2.81. The van der Waals surface area contributed by atoms with Crippen LogP contribution in [0.1, 0.15) is 38.2 Å². The van der Waals surface area contributed by atoms with E-state index >= 15 is 0 Å². The zero-order valence-electron chi connectivity index (χ0n) is 14.3. The van der Waals surface area contributed by atoms with Crippen LogP contribution < -0.4 is 10.6 Å². The van der Waals surface area contributed by atoms with Crippen LogP contribution in [0.4, 0.5) is 4.79 Å². The molecule has 0 saturated carbocycles. The summed E-state index contributed by atoms with van der Waals surface area (Å²) in [5.74, 6) is 0.488. The molecule has 1 atom stereocenters. The van der Waals surface area contributed by atoms with Gasteiger partial charge in [0, 0.05) is 32.1 Å². The summed E-state index contributed by atoms with van der Waals surface area (Å²) in [5.41, 5.74) is 1.14. The first-order chi connectivity index (χ1) is 11.5. The largest absolute Gasteiger partial charge is 0.508 e. The van der Waals surface area contributed by atoms with Crippen molar-refractivity contribution in [1.82, 2.24) is 15.5 Å². The third-order valence-corrected chi connectivity index (χ3v) is 4.24. The van der Waals surface area contributed by atoms with Crippen LogP contribution in [0.3, 0.4) is 0 Å². The molecule has 3 N–H and O–H groups in total. The van der Waals surface area contributed by atoms with Crippen LogP contribution in [-0.2, 0) is 11.2 Å². The standard InChI is InChI=1S/C18H27N3O3/c1-14(5-6-15-7-9-16(22)10-8-15)20-18(24)19-11-3-13-21-12-2-4-17(21)23/h7-10,14,22H,2-6,11-13H2,1H3,(H2,19,20,24). The van der Waals surface area contributed by atoms with Gasteiger partial charge in [-0.25, -0.2) is 4.79 Å². The van der Waals surface area contributed by atoms with E-state index in [0.717, 1.165) is 44.3 Å². The number of benzene rings is 1. The molecule has 2 rings (SSSR count). The summed E-state index contributed by atoms with van der Waals surface area (Å²) >= 11 is 0. The van der Waals surface area contributed by atoms with Crippen LogP contribution in [-0.4, -0.2) is 47.6 Å². The van der Waals surface area contributed by atoms with Gasteiger partial charge in [-0.15, -0.1) is 0 Å². The Morgan fingerprint density at radius 1 is 1.33 bits per heavy atom. The number of nitrogens with one attached hydrogen (secondary N) is 2. The Hall–Kier alpha value is -2.24. The molecule has 1 aliphatic rings. The predicted molar refractivity (Wildman–Crippen MR) is 92.9 cm³/mol. The molecule has 1 aliphatic heterocycles. The molecule has 6 nitrogen and oxygen atoms in total. The van der Waals surface area contributed by atoms with E-state index in [-0.39, 0.29) is 23.7 Å². The molecule has 1 aromatic rings. The summed E-state index contributed by atoms with van der Waals surface area (Å²) in [6.07, 6.45) is 4.07. The Labute approximate surface area is 143 Å². The smallest absolute Gasteiger partial charge is 0.314 e. The number of phenolic OH excluding ortho intramolecular Hbond substituents is 1. The number of hydrogen-bond donors (Lipinski definition) is 3. The first-order valence-corrected chi connectivity index (χ1v) is 8.64. The average molecular weight is 333 g/mol. The first kappa shape index (κ1) is 18.1. The molecule has 0 aromatic heterocycles. The number of urea groups is 1. The number of carbonyl (C=O) groups excluding carboxylic acids is 2. The Morgan fingerprint density at radius 3 is 2.75 bits per heavy atom. The second kappa shape index (κ2) is 9.15. The third kappa shape index (κ3) is 6.10. The molecular formula is C18H27N3O3. The number of rotatable bonds is 8. The average Bonchev–Trinajstić information content (AvgIpc) is 2.96. The summed E-state index contributed by atoms with van der Waals surface area (Å²) in [4.78, 5) is 25.2. The Bertz CT molecular complexity index is 545. The van der Waals surface area contributed by atoms with Gasteiger partial charge in [0.05, 0.1) is 0 Å². The lowest BCUT2D eigenvalue weighted by molar-refractivity contribution is -0.127. The Kier molecular flexibility index (Phi) is 6.90. The topological polar surface area (TPSA) is 81.7 Å². The Morgan fingerprint density at radius 2 is 2.08 bits per heavy atom. The van der Waals surface area contributed by atoms with E-state index < -0.39 is 0 Å². The number of carbonyl (C=O) groups is 2. The molecule has 1 unspecified atom stereocenters. The molecule has 1 saturated heterocycles. The van der Waals surface area contributed by atoms with Crippen molar-refractivity contribution < 1.29 is 14.7 Å². The van der Waals surface area contributed by atoms with Crippen molar-refractivity contribution >= 4 is 11.9 Å². The van der Waals surface area contributed by atoms with Crippen molar-refractivity contribution in [3.05, 3.63) is 29.8 Å². The molecular weight excluding hydrogens is 306 g/mol. The van der Waals surface area contributed by atoms with E-state index in [1.807, 2.05) is 24.0 Å². The highest BCUT2D eigenvalue weighted by molar-refractivity contribution is 5.78. The van der Waals surface area contributed by atoms with Crippen LogP contribution >= 0.6 is 0 Å². The number of nitrogens with zero attached hydrogens (tertiary/aromatic N) is 1. The molecule has 1 heterocycles. The number of hydrogen-bond acceptors (Lipinski definition) is 3. The molecule has 0 spiro atoms. The predicted octanol–water partition coefficient (Wildman–Crippen LogP) is 2.03. The lowest BCUT2D eigenvalue weighted by Crippen LogP contribution is -2.42. The van der Waals surface area contributed by atoms with Crippen molar-refractivity contribution in [2.75, 3.05) is 19.6 Å². The zero-order chi connectivity index (χ0) is 17.4. The SMILES string of the molecule is CC(CCc1ccc(O)cc1)NC(=O)NCCCN1CCCC1=O. The number of phenols is 1. The molecule has 132 valence electrons. The van der Waals surface area contributed by atoms with Gasteiger partial charge in [-0.1, -0.05) is 12.1 Å². The zero-order valence-corrected chi connectivity index (χ0v) is 14.3. The fourth-order valence-electron chi connectivity index (χ4n) is 2.81. The van der Waals surface area contributed by atoms with Crippen molar-refractivity contribution in [3.8, 4) is 5.75 Å². The minimum Gasteiger partial charge on any atom is -0.508 e. The van der Waals surface area contributed by atoms with Crippen molar-refractivity contribution in [1.29, 1.82) is 0 Å². The lowest BCUT2D eigenvalue weighted by Gasteiger charge is -2.17. The van der Waals surface area contributed by atoms with E-state index in [1.54, 1.807) is 12.1 Å². The molecule has 0 radical (unpaired) electrons. The quantitative estimate of drug-likeness (QED) is 0.637. The highest BCUT2D eigenvalue weighted by atomic mass is 16.3. The van der Waals surface area contributed by atoms with E-state index in [0.29, 0.717) is 13.0 Å². The third-order valence-electron chi connectivity index (χ3n) is 4.24. The van der Waals surface area contributed by atoms with Gasteiger partial charge in [0.2, 0.25) is 5.91 Å². The number of aromatic hydroxyl groups is 1. The van der Waals surface area contributed by atoms with Gasteiger partial charge >= 0.3 is 6.03 Å². The van der Waals surface area contributed by atoms with E-state index in [9.17, 15) is 14.7 Å².